The molecule has 2 heteroatoms. The first-order valence-corrected chi connectivity index (χ1v) is 7.43. The topological polar surface area (TPSA) is 0 Å². The molecule has 0 spiro atoms. The van der Waals surface area contributed by atoms with Gasteiger partial charge in [-0.3, -0.25) is 0 Å². The zero-order valence-electron chi connectivity index (χ0n) is 14.3. The maximum atomic E-state index is 4.27. The summed E-state index contributed by atoms with van der Waals surface area (Å²) in [6.07, 6.45) is 0. The van der Waals surface area contributed by atoms with E-state index in [0.29, 0.717) is 0 Å². The van der Waals surface area contributed by atoms with Crippen LogP contribution in [-0.4, -0.2) is 0 Å². The summed E-state index contributed by atoms with van der Waals surface area (Å²) in [4.78, 5) is 0. The Balaban J connectivity index is 0.00000104. The summed E-state index contributed by atoms with van der Waals surface area (Å²) >= 11 is 0. The van der Waals surface area contributed by atoms with Crippen LogP contribution in [0.1, 0.15) is 11.1 Å². The first-order chi connectivity index (χ1) is 10.8. The van der Waals surface area contributed by atoms with E-state index in [0.717, 1.165) is 11.1 Å². The first kappa shape index (κ1) is 18.7. The van der Waals surface area contributed by atoms with Crippen LogP contribution < -0.4 is 37.7 Å². The van der Waals surface area contributed by atoms with Crippen LogP contribution in [-0.2, 0) is 0 Å². The number of hydrogen-bond acceptors (Lipinski definition) is 0. The molecule has 0 N–H and O–H groups in total. The summed E-state index contributed by atoms with van der Waals surface area (Å²) in [7, 11) is 0. The average Bonchev–Trinajstić information content (AvgIpc) is 2.56. The molecule has 0 saturated carbocycles. The van der Waals surface area contributed by atoms with Gasteiger partial charge >= 0.3 is 37.7 Å². The summed E-state index contributed by atoms with van der Waals surface area (Å²) in [6.45, 7) is 8.53. The van der Waals surface area contributed by atoms with E-state index in [2.05, 4.69) is 86.6 Å². The van der Waals surface area contributed by atoms with Gasteiger partial charge in [-0.2, -0.15) is 48.2 Å². The second kappa shape index (κ2) is 7.48. The van der Waals surface area contributed by atoms with E-state index < -0.39 is 0 Å². The number of fused-ring (bicyclic) bond motifs is 2. The zero-order valence-corrected chi connectivity index (χ0v) is 14.3. The Kier molecular flexibility index (Phi) is 5.82. The van der Waals surface area contributed by atoms with Crippen molar-refractivity contribution in [3.63, 3.8) is 0 Å². The molecule has 24 heavy (non-hydrogen) atoms. The van der Waals surface area contributed by atoms with Crippen LogP contribution in [0.25, 0.3) is 32.7 Å². The second-order valence-electron chi connectivity index (χ2n) is 5.64. The molecule has 0 unspecified atom stereocenters. The van der Waals surface area contributed by atoms with Gasteiger partial charge in [-0.15, -0.1) is 12.1 Å². The Morgan fingerprint density at radius 2 is 0.833 bits per heavy atom. The van der Waals surface area contributed by atoms with Crippen molar-refractivity contribution in [1.29, 1.82) is 0 Å². The SMILES string of the molecule is [CH2-]c1ccc2ccccc2c1-c1c([CH2-])ccc2ccccc12.[Li+].[Li+]. The van der Waals surface area contributed by atoms with Crippen molar-refractivity contribution in [3.05, 3.63) is 97.8 Å². The molecule has 0 amide bonds. The fourth-order valence-corrected chi connectivity index (χ4v) is 3.22. The maximum absolute atomic E-state index is 4.27. The Labute approximate surface area is 167 Å². The third-order valence-electron chi connectivity index (χ3n) is 4.28. The third kappa shape index (κ3) is 3.00. The van der Waals surface area contributed by atoms with Gasteiger partial charge in [-0.25, -0.2) is 0 Å². The maximum Gasteiger partial charge on any atom is 1.00 e. The van der Waals surface area contributed by atoms with Gasteiger partial charge in [0.15, 0.2) is 0 Å². The summed E-state index contributed by atoms with van der Waals surface area (Å²) in [5, 5.41) is 4.93. The predicted molar refractivity (Wildman–Crippen MR) is 95.8 cm³/mol. The smallest absolute Gasteiger partial charge is 0.199 e. The zero-order chi connectivity index (χ0) is 15.1. The molecule has 4 aromatic rings. The van der Waals surface area contributed by atoms with E-state index in [1.807, 2.05) is 0 Å². The average molecular weight is 294 g/mol. The minimum absolute atomic E-state index is 0. The molecule has 0 heterocycles. The summed E-state index contributed by atoms with van der Waals surface area (Å²) in [5.74, 6) is 0. The largest absolute Gasteiger partial charge is 1.00 e. The molecule has 0 fully saturated rings. The number of benzene rings is 4. The van der Waals surface area contributed by atoms with Crippen LogP contribution in [0.15, 0.2) is 72.8 Å². The van der Waals surface area contributed by atoms with Crippen LogP contribution >= 0.6 is 0 Å². The standard InChI is InChI=1S/C22H16.2Li/c1-15-11-13-17-7-3-5-9-19(17)21(15)22-16(2)12-14-18-8-4-6-10-20(18)22;;/h3-14H,1-2H2;;/q-2;2*+1. The third-order valence-corrected chi connectivity index (χ3v) is 4.28. The minimum atomic E-state index is 0. The van der Waals surface area contributed by atoms with Crippen LogP contribution in [0, 0.1) is 13.8 Å². The van der Waals surface area contributed by atoms with Gasteiger partial charge in [0.25, 0.3) is 0 Å². The molecule has 0 nitrogen and oxygen atoms in total. The van der Waals surface area contributed by atoms with Crippen molar-refractivity contribution < 1.29 is 37.7 Å². The van der Waals surface area contributed by atoms with Crippen LogP contribution in [0.5, 0.6) is 0 Å². The molecular weight excluding hydrogens is 278 g/mol. The van der Waals surface area contributed by atoms with E-state index in [9.17, 15) is 0 Å². The second-order valence-corrected chi connectivity index (χ2v) is 5.64. The monoisotopic (exact) mass is 294 g/mol. The van der Waals surface area contributed by atoms with Gasteiger partial charge in [-0.05, 0) is 10.8 Å². The minimum Gasteiger partial charge on any atom is -0.199 e. The van der Waals surface area contributed by atoms with E-state index in [1.165, 1.54) is 32.7 Å². The first-order valence-electron chi connectivity index (χ1n) is 7.43. The quantitative estimate of drug-likeness (QED) is 0.343. The summed E-state index contributed by atoms with van der Waals surface area (Å²) in [6, 6.07) is 25.4. The predicted octanol–water partition coefficient (Wildman–Crippen LogP) is 0.0324. The van der Waals surface area contributed by atoms with Crippen molar-refractivity contribution in [2.45, 2.75) is 0 Å². The van der Waals surface area contributed by atoms with Crippen molar-refractivity contribution in [2.75, 3.05) is 0 Å². The van der Waals surface area contributed by atoms with Crippen LogP contribution in [0.3, 0.4) is 0 Å². The molecule has 4 aromatic carbocycles. The Hall–Kier alpha value is -1.67. The molecule has 0 aliphatic heterocycles. The van der Waals surface area contributed by atoms with E-state index in [-0.39, 0.29) is 37.7 Å². The summed E-state index contributed by atoms with van der Waals surface area (Å²) < 4.78 is 0. The molecule has 0 aromatic heterocycles. The number of rotatable bonds is 1. The van der Waals surface area contributed by atoms with Crippen LogP contribution in [0.4, 0.5) is 0 Å². The molecule has 4 rings (SSSR count). The fourth-order valence-electron chi connectivity index (χ4n) is 3.22. The van der Waals surface area contributed by atoms with Gasteiger partial charge in [0, 0.05) is 0 Å². The van der Waals surface area contributed by atoms with Gasteiger partial charge in [0.1, 0.15) is 0 Å². The van der Waals surface area contributed by atoms with Gasteiger partial charge < -0.3 is 0 Å². The molecule has 0 bridgehead atoms. The fraction of sp³-hybridized carbons (Fsp3) is 0. The summed E-state index contributed by atoms with van der Waals surface area (Å²) in [5.41, 5.74) is 4.47. The van der Waals surface area contributed by atoms with Gasteiger partial charge in [0.2, 0.25) is 0 Å². The number of hydrogen-bond donors (Lipinski definition) is 0. The molecule has 0 radical (unpaired) electrons. The van der Waals surface area contributed by atoms with Crippen molar-refractivity contribution in [2.24, 2.45) is 0 Å². The van der Waals surface area contributed by atoms with Crippen molar-refractivity contribution >= 4 is 21.5 Å². The van der Waals surface area contributed by atoms with Crippen molar-refractivity contribution in [3.8, 4) is 11.1 Å². The van der Waals surface area contributed by atoms with Gasteiger partial charge in [0.05, 0.1) is 0 Å². The Morgan fingerprint density at radius 1 is 0.458 bits per heavy atom. The van der Waals surface area contributed by atoms with E-state index in [1.54, 1.807) is 0 Å². The van der Waals surface area contributed by atoms with Crippen LogP contribution in [0.2, 0.25) is 0 Å². The molecule has 0 aliphatic rings. The molecule has 0 aliphatic carbocycles. The molecular formula is C22H16Li2. The Morgan fingerprint density at radius 3 is 1.25 bits per heavy atom. The Bertz CT molecular complexity index is 920. The normalized spacial score (nSPS) is 10.2. The van der Waals surface area contributed by atoms with Crippen molar-refractivity contribution in [1.82, 2.24) is 0 Å². The molecule has 0 atom stereocenters. The molecule has 106 valence electrons. The van der Waals surface area contributed by atoms with E-state index >= 15 is 0 Å². The van der Waals surface area contributed by atoms with E-state index in [4.69, 9.17) is 0 Å². The molecule has 0 saturated heterocycles. The van der Waals surface area contributed by atoms with Gasteiger partial charge in [-0.1, -0.05) is 59.3 Å².